The molecule has 1 amide bonds. The lowest BCUT2D eigenvalue weighted by molar-refractivity contribution is -0.148. The van der Waals surface area contributed by atoms with Gasteiger partial charge in [0.05, 0.1) is 15.6 Å². The van der Waals surface area contributed by atoms with E-state index < -0.39 is 5.97 Å². The summed E-state index contributed by atoms with van der Waals surface area (Å²) in [5, 5.41) is 4.66. The van der Waals surface area contributed by atoms with Crippen LogP contribution in [0.15, 0.2) is 29.6 Å². The molecule has 0 aromatic carbocycles. The maximum absolute atomic E-state index is 11.8. The summed E-state index contributed by atoms with van der Waals surface area (Å²) in [6, 6.07) is 7.21. The molecule has 24 heavy (non-hydrogen) atoms. The average Bonchev–Trinajstić information content (AvgIpc) is 3.22. The molecule has 2 aromatic heterocycles. The van der Waals surface area contributed by atoms with E-state index in [4.69, 9.17) is 16.3 Å². The molecule has 2 rings (SSSR count). The Balaban J connectivity index is 1.58. The molecule has 0 radical (unpaired) electrons. The lowest BCUT2D eigenvalue weighted by Crippen LogP contribution is -2.30. The van der Waals surface area contributed by atoms with Gasteiger partial charge in [-0.1, -0.05) is 17.7 Å². The fourth-order valence-corrected chi connectivity index (χ4v) is 3.57. The third kappa shape index (κ3) is 6.43. The summed E-state index contributed by atoms with van der Waals surface area (Å²) in [5.74, 6) is -1.08. The molecule has 5 nitrogen and oxygen atoms in total. The van der Waals surface area contributed by atoms with Crippen LogP contribution in [0.3, 0.4) is 0 Å². The van der Waals surface area contributed by atoms with Crippen molar-refractivity contribution in [2.45, 2.75) is 19.3 Å². The fourth-order valence-electron chi connectivity index (χ4n) is 1.85. The number of ketones is 1. The standard InChI is InChI=1S/C16H16ClNO4S2/c17-14-5-4-13(24-14)12(19)3-6-16(21)22-10-15(20)18-8-7-11-2-1-9-23-11/h1-2,4-5,9H,3,6-8,10H2,(H,18,20). The molecule has 2 heterocycles. The highest BCUT2D eigenvalue weighted by atomic mass is 35.5. The molecule has 0 fully saturated rings. The Morgan fingerprint density at radius 3 is 2.67 bits per heavy atom. The van der Waals surface area contributed by atoms with Crippen molar-refractivity contribution in [1.82, 2.24) is 5.32 Å². The van der Waals surface area contributed by atoms with Crippen molar-refractivity contribution in [3.05, 3.63) is 43.7 Å². The smallest absolute Gasteiger partial charge is 0.306 e. The van der Waals surface area contributed by atoms with Gasteiger partial charge in [-0.3, -0.25) is 14.4 Å². The number of ether oxygens (including phenoxy) is 1. The first-order chi connectivity index (χ1) is 11.5. The summed E-state index contributed by atoms with van der Waals surface area (Å²) in [5.41, 5.74) is 0. The van der Waals surface area contributed by atoms with Gasteiger partial charge in [-0.05, 0) is 30.0 Å². The van der Waals surface area contributed by atoms with Crippen molar-refractivity contribution >= 4 is 51.9 Å². The molecular formula is C16H16ClNO4S2. The SMILES string of the molecule is O=C(COC(=O)CCC(=O)c1ccc(Cl)s1)NCCc1cccs1. The average molecular weight is 386 g/mol. The highest BCUT2D eigenvalue weighted by Gasteiger charge is 2.13. The lowest BCUT2D eigenvalue weighted by Gasteiger charge is -2.06. The zero-order valence-corrected chi connectivity index (χ0v) is 15.1. The van der Waals surface area contributed by atoms with Crippen LogP contribution in [0.4, 0.5) is 0 Å². The van der Waals surface area contributed by atoms with Gasteiger partial charge in [0.25, 0.3) is 5.91 Å². The maximum Gasteiger partial charge on any atom is 0.306 e. The first kappa shape index (κ1) is 18.6. The summed E-state index contributed by atoms with van der Waals surface area (Å²) in [6.45, 7) is 0.164. The van der Waals surface area contributed by atoms with Crippen molar-refractivity contribution in [3.63, 3.8) is 0 Å². The minimum atomic E-state index is -0.570. The zero-order valence-electron chi connectivity index (χ0n) is 12.7. The number of esters is 1. The van der Waals surface area contributed by atoms with E-state index >= 15 is 0 Å². The second-order valence-corrected chi connectivity index (χ2v) is 7.61. The van der Waals surface area contributed by atoms with Gasteiger partial charge < -0.3 is 10.1 Å². The van der Waals surface area contributed by atoms with E-state index in [2.05, 4.69) is 5.32 Å². The molecule has 0 atom stereocenters. The third-order valence-corrected chi connectivity index (χ3v) is 5.25. The van der Waals surface area contributed by atoms with E-state index in [9.17, 15) is 14.4 Å². The first-order valence-corrected chi connectivity index (χ1v) is 9.35. The molecule has 2 aromatic rings. The monoisotopic (exact) mass is 385 g/mol. The molecule has 0 bridgehead atoms. The quantitative estimate of drug-likeness (QED) is 0.530. The van der Waals surface area contributed by atoms with Gasteiger partial charge in [-0.25, -0.2) is 0 Å². The van der Waals surface area contributed by atoms with Gasteiger partial charge >= 0.3 is 5.97 Å². The van der Waals surface area contributed by atoms with Crippen LogP contribution in [-0.2, 0) is 20.7 Å². The number of hydrogen-bond acceptors (Lipinski definition) is 6. The van der Waals surface area contributed by atoms with Gasteiger partial charge in [-0.15, -0.1) is 22.7 Å². The second kappa shape index (κ2) is 9.56. The summed E-state index contributed by atoms with van der Waals surface area (Å²) in [4.78, 5) is 36.7. The van der Waals surface area contributed by atoms with Crippen molar-refractivity contribution < 1.29 is 19.1 Å². The Bertz CT molecular complexity index is 697. The van der Waals surface area contributed by atoms with Crippen LogP contribution in [0.1, 0.15) is 27.4 Å². The Labute approximate surface area is 152 Å². The highest BCUT2D eigenvalue weighted by molar-refractivity contribution is 7.18. The van der Waals surface area contributed by atoms with Crippen molar-refractivity contribution in [3.8, 4) is 0 Å². The van der Waals surface area contributed by atoms with E-state index in [1.54, 1.807) is 23.5 Å². The number of hydrogen-bond donors (Lipinski definition) is 1. The summed E-state index contributed by atoms with van der Waals surface area (Å²) >= 11 is 8.56. The molecule has 0 saturated carbocycles. The lowest BCUT2D eigenvalue weighted by atomic mass is 10.2. The van der Waals surface area contributed by atoms with Crippen molar-refractivity contribution in [1.29, 1.82) is 0 Å². The second-order valence-electron chi connectivity index (χ2n) is 4.87. The molecule has 0 unspecified atom stereocenters. The van der Waals surface area contributed by atoms with Crippen molar-refractivity contribution in [2.24, 2.45) is 0 Å². The van der Waals surface area contributed by atoms with Crippen LogP contribution in [0, 0.1) is 0 Å². The number of thiophene rings is 2. The van der Waals surface area contributed by atoms with Crippen LogP contribution in [0.2, 0.25) is 4.34 Å². The third-order valence-electron chi connectivity index (χ3n) is 3.04. The normalized spacial score (nSPS) is 10.4. The van der Waals surface area contributed by atoms with Gasteiger partial charge in [0.1, 0.15) is 0 Å². The maximum atomic E-state index is 11.8. The topological polar surface area (TPSA) is 72.5 Å². The van der Waals surface area contributed by atoms with Gasteiger partial charge in [0.15, 0.2) is 12.4 Å². The number of amides is 1. The summed E-state index contributed by atoms with van der Waals surface area (Å²) in [6.07, 6.45) is 0.724. The summed E-state index contributed by atoms with van der Waals surface area (Å²) in [7, 11) is 0. The number of Topliss-reactive ketones (excluding diaryl/α,β-unsaturated/α-hetero) is 1. The number of carbonyl (C=O) groups is 3. The predicted octanol–water partition coefficient (Wildman–Crippen LogP) is 3.33. The van der Waals surface area contributed by atoms with Crippen LogP contribution in [-0.4, -0.2) is 30.8 Å². The molecule has 0 saturated heterocycles. The van der Waals surface area contributed by atoms with E-state index in [-0.39, 0.29) is 31.1 Å². The predicted molar refractivity (Wildman–Crippen MR) is 94.9 cm³/mol. The Morgan fingerprint density at radius 1 is 1.17 bits per heavy atom. The van der Waals surface area contributed by atoms with Gasteiger partial charge in [0.2, 0.25) is 0 Å². The highest BCUT2D eigenvalue weighted by Crippen LogP contribution is 2.22. The van der Waals surface area contributed by atoms with E-state index in [1.165, 1.54) is 16.2 Å². The molecule has 0 aliphatic heterocycles. The van der Waals surface area contributed by atoms with Crippen LogP contribution in [0.25, 0.3) is 0 Å². The Morgan fingerprint density at radius 2 is 2.00 bits per heavy atom. The number of nitrogens with one attached hydrogen (secondary N) is 1. The molecule has 0 aliphatic rings. The molecule has 8 heteroatoms. The van der Waals surface area contributed by atoms with E-state index in [1.807, 2.05) is 17.5 Å². The number of rotatable bonds is 9. The zero-order chi connectivity index (χ0) is 17.4. The first-order valence-electron chi connectivity index (χ1n) is 7.28. The molecule has 0 spiro atoms. The molecule has 1 N–H and O–H groups in total. The molecule has 0 aliphatic carbocycles. The number of halogens is 1. The van der Waals surface area contributed by atoms with E-state index in [0.29, 0.717) is 15.8 Å². The van der Waals surface area contributed by atoms with Crippen molar-refractivity contribution in [2.75, 3.05) is 13.2 Å². The minimum Gasteiger partial charge on any atom is -0.456 e. The Hall–Kier alpha value is -1.70. The summed E-state index contributed by atoms with van der Waals surface area (Å²) < 4.78 is 5.39. The van der Waals surface area contributed by atoms with Gasteiger partial charge in [-0.2, -0.15) is 0 Å². The van der Waals surface area contributed by atoms with Crippen LogP contribution in [0.5, 0.6) is 0 Å². The van der Waals surface area contributed by atoms with Crippen LogP contribution >= 0.6 is 34.3 Å². The van der Waals surface area contributed by atoms with Crippen LogP contribution < -0.4 is 5.32 Å². The fraction of sp³-hybridized carbons (Fsp3) is 0.312. The number of carbonyl (C=O) groups excluding carboxylic acids is 3. The minimum absolute atomic E-state index is 0.0374. The van der Waals surface area contributed by atoms with E-state index in [0.717, 1.165) is 6.42 Å². The van der Waals surface area contributed by atoms with Gasteiger partial charge in [0, 0.05) is 17.8 Å². The largest absolute Gasteiger partial charge is 0.456 e. The molecule has 128 valence electrons. The Kier molecular flexibility index (Phi) is 7.42. The molecular weight excluding hydrogens is 370 g/mol.